The SMILES string of the molecule is CC(C)Cc1nc2nc(N)nc(N)c2nc1CC(C)C. The molecule has 0 aromatic carbocycles. The average Bonchev–Trinajstić information content (AvgIpc) is 2.29. The Bertz CT molecular complexity index is 621. The van der Waals surface area contributed by atoms with Crippen molar-refractivity contribution in [3.63, 3.8) is 0 Å². The molecule has 0 aliphatic carbocycles. The van der Waals surface area contributed by atoms with E-state index in [1.807, 2.05) is 0 Å². The van der Waals surface area contributed by atoms with Crippen molar-refractivity contribution < 1.29 is 0 Å². The smallest absolute Gasteiger partial charge is 0.224 e. The molecule has 0 bridgehead atoms. The van der Waals surface area contributed by atoms with E-state index in [2.05, 4.69) is 47.6 Å². The van der Waals surface area contributed by atoms with Crippen LogP contribution in [0.2, 0.25) is 0 Å². The summed E-state index contributed by atoms with van der Waals surface area (Å²) < 4.78 is 0. The number of aromatic nitrogens is 4. The summed E-state index contributed by atoms with van der Waals surface area (Å²) in [6, 6.07) is 0. The first-order valence-electron chi connectivity index (χ1n) is 6.95. The van der Waals surface area contributed by atoms with Gasteiger partial charge in [-0.15, -0.1) is 0 Å². The van der Waals surface area contributed by atoms with Gasteiger partial charge in [0.05, 0.1) is 11.4 Å². The molecule has 2 heterocycles. The van der Waals surface area contributed by atoms with Crippen molar-refractivity contribution in [3.05, 3.63) is 11.4 Å². The summed E-state index contributed by atoms with van der Waals surface area (Å²) >= 11 is 0. The third kappa shape index (κ3) is 3.12. The fourth-order valence-corrected chi connectivity index (χ4v) is 2.15. The first-order chi connectivity index (χ1) is 9.36. The van der Waals surface area contributed by atoms with Crippen molar-refractivity contribution in [3.8, 4) is 0 Å². The molecular formula is C14H22N6. The van der Waals surface area contributed by atoms with E-state index in [1.54, 1.807) is 0 Å². The fourth-order valence-electron chi connectivity index (χ4n) is 2.15. The van der Waals surface area contributed by atoms with Gasteiger partial charge in [0.25, 0.3) is 0 Å². The van der Waals surface area contributed by atoms with Gasteiger partial charge in [-0.25, -0.2) is 9.97 Å². The van der Waals surface area contributed by atoms with Crippen LogP contribution in [-0.4, -0.2) is 19.9 Å². The topological polar surface area (TPSA) is 104 Å². The van der Waals surface area contributed by atoms with Gasteiger partial charge in [-0.1, -0.05) is 27.7 Å². The fraction of sp³-hybridized carbons (Fsp3) is 0.571. The number of fused-ring (bicyclic) bond motifs is 1. The van der Waals surface area contributed by atoms with E-state index in [0.29, 0.717) is 28.8 Å². The van der Waals surface area contributed by atoms with Crippen LogP contribution in [0.5, 0.6) is 0 Å². The quantitative estimate of drug-likeness (QED) is 0.883. The van der Waals surface area contributed by atoms with Crippen LogP contribution < -0.4 is 11.5 Å². The predicted octanol–water partition coefficient (Wildman–Crippen LogP) is 1.98. The molecule has 0 saturated heterocycles. The van der Waals surface area contributed by atoms with Crippen LogP contribution in [0.3, 0.4) is 0 Å². The van der Waals surface area contributed by atoms with Gasteiger partial charge in [-0.3, -0.25) is 0 Å². The van der Waals surface area contributed by atoms with Gasteiger partial charge < -0.3 is 11.5 Å². The molecule has 0 saturated carbocycles. The van der Waals surface area contributed by atoms with Crippen LogP contribution in [0.1, 0.15) is 39.1 Å². The van der Waals surface area contributed by atoms with Crippen molar-refractivity contribution in [2.45, 2.75) is 40.5 Å². The Morgan fingerprint density at radius 1 is 0.800 bits per heavy atom. The van der Waals surface area contributed by atoms with Gasteiger partial charge in [0.1, 0.15) is 0 Å². The standard InChI is InChI=1S/C14H22N6/c1-7(2)5-9-10(6-8(3)4)18-13-11(17-9)12(15)19-14(16)20-13/h7-8H,5-6H2,1-4H3,(H4,15,16,18,19,20). The molecule has 2 rings (SSSR count). The first-order valence-corrected chi connectivity index (χ1v) is 6.95. The number of rotatable bonds is 4. The molecule has 6 heteroatoms. The van der Waals surface area contributed by atoms with E-state index >= 15 is 0 Å². The van der Waals surface area contributed by atoms with Gasteiger partial charge >= 0.3 is 0 Å². The lowest BCUT2D eigenvalue weighted by molar-refractivity contribution is 0.597. The Hall–Kier alpha value is -1.98. The van der Waals surface area contributed by atoms with Gasteiger partial charge in [0.15, 0.2) is 17.0 Å². The Labute approximate surface area is 119 Å². The Balaban J connectivity index is 2.61. The lowest BCUT2D eigenvalue weighted by Gasteiger charge is -2.13. The lowest BCUT2D eigenvalue weighted by atomic mass is 10.0. The zero-order valence-electron chi connectivity index (χ0n) is 12.5. The molecule has 2 aromatic heterocycles. The molecule has 108 valence electrons. The van der Waals surface area contributed by atoms with Gasteiger partial charge in [-0.2, -0.15) is 9.97 Å². The van der Waals surface area contributed by atoms with E-state index in [0.717, 1.165) is 24.2 Å². The monoisotopic (exact) mass is 274 g/mol. The number of anilines is 2. The highest BCUT2D eigenvalue weighted by Gasteiger charge is 2.15. The molecule has 0 fully saturated rings. The van der Waals surface area contributed by atoms with Crippen molar-refractivity contribution in [2.75, 3.05) is 11.5 Å². The van der Waals surface area contributed by atoms with Gasteiger partial charge in [0.2, 0.25) is 5.95 Å². The Morgan fingerprint density at radius 2 is 1.35 bits per heavy atom. The van der Waals surface area contributed by atoms with Crippen LogP contribution in [0.25, 0.3) is 11.2 Å². The maximum atomic E-state index is 5.87. The molecule has 0 spiro atoms. The maximum absolute atomic E-state index is 5.87. The van der Waals surface area contributed by atoms with E-state index < -0.39 is 0 Å². The molecule has 0 unspecified atom stereocenters. The number of hydrogen-bond acceptors (Lipinski definition) is 6. The highest BCUT2D eigenvalue weighted by Crippen LogP contribution is 2.20. The van der Waals surface area contributed by atoms with Crippen LogP contribution in [0, 0.1) is 11.8 Å². The molecule has 0 aliphatic rings. The first kappa shape index (κ1) is 14.4. The van der Waals surface area contributed by atoms with Crippen molar-refractivity contribution >= 4 is 22.9 Å². The van der Waals surface area contributed by atoms with Crippen molar-refractivity contribution in [2.24, 2.45) is 11.8 Å². The highest BCUT2D eigenvalue weighted by molar-refractivity contribution is 5.82. The minimum absolute atomic E-state index is 0.136. The summed E-state index contributed by atoms with van der Waals surface area (Å²) in [6.45, 7) is 8.64. The van der Waals surface area contributed by atoms with Gasteiger partial charge in [-0.05, 0) is 24.7 Å². The molecule has 0 radical (unpaired) electrons. The zero-order valence-corrected chi connectivity index (χ0v) is 12.5. The molecule has 20 heavy (non-hydrogen) atoms. The summed E-state index contributed by atoms with van der Waals surface area (Å²) in [6.07, 6.45) is 1.74. The van der Waals surface area contributed by atoms with Gasteiger partial charge in [0, 0.05) is 0 Å². The van der Waals surface area contributed by atoms with Crippen LogP contribution in [0.4, 0.5) is 11.8 Å². The highest BCUT2D eigenvalue weighted by atomic mass is 15.1. The Morgan fingerprint density at radius 3 is 1.90 bits per heavy atom. The second-order valence-corrected chi connectivity index (χ2v) is 5.95. The summed E-state index contributed by atoms with van der Waals surface area (Å²) in [5.74, 6) is 1.44. The van der Waals surface area contributed by atoms with E-state index in [4.69, 9.17) is 11.5 Å². The lowest BCUT2D eigenvalue weighted by Crippen LogP contribution is -2.11. The predicted molar refractivity (Wildman–Crippen MR) is 81.0 cm³/mol. The normalized spacial score (nSPS) is 11.7. The van der Waals surface area contributed by atoms with Crippen LogP contribution >= 0.6 is 0 Å². The third-order valence-corrected chi connectivity index (χ3v) is 2.93. The molecule has 2 aromatic rings. The number of hydrogen-bond donors (Lipinski definition) is 2. The molecule has 4 N–H and O–H groups in total. The minimum atomic E-state index is 0.136. The molecule has 0 atom stereocenters. The van der Waals surface area contributed by atoms with E-state index in [-0.39, 0.29) is 5.95 Å². The van der Waals surface area contributed by atoms with Crippen LogP contribution in [-0.2, 0) is 12.8 Å². The number of nitrogens with zero attached hydrogens (tertiary/aromatic N) is 4. The summed E-state index contributed by atoms with van der Waals surface area (Å²) in [4.78, 5) is 17.3. The van der Waals surface area contributed by atoms with Crippen molar-refractivity contribution in [1.29, 1.82) is 0 Å². The molecule has 0 amide bonds. The third-order valence-electron chi connectivity index (χ3n) is 2.93. The number of nitrogens with two attached hydrogens (primary N) is 2. The molecule has 6 nitrogen and oxygen atoms in total. The summed E-state index contributed by atoms with van der Waals surface area (Å²) in [7, 11) is 0. The second-order valence-electron chi connectivity index (χ2n) is 5.95. The minimum Gasteiger partial charge on any atom is -0.382 e. The largest absolute Gasteiger partial charge is 0.382 e. The van der Waals surface area contributed by atoms with Crippen LogP contribution in [0.15, 0.2) is 0 Å². The van der Waals surface area contributed by atoms with E-state index in [9.17, 15) is 0 Å². The summed E-state index contributed by atoms with van der Waals surface area (Å²) in [5.41, 5.74) is 14.5. The molecule has 0 aliphatic heterocycles. The maximum Gasteiger partial charge on any atom is 0.224 e. The van der Waals surface area contributed by atoms with Crippen molar-refractivity contribution in [1.82, 2.24) is 19.9 Å². The zero-order chi connectivity index (χ0) is 14.9. The van der Waals surface area contributed by atoms with E-state index in [1.165, 1.54) is 0 Å². The molecular weight excluding hydrogens is 252 g/mol. The number of nitrogen functional groups attached to an aromatic ring is 2. The Kier molecular flexibility index (Phi) is 4.01. The average molecular weight is 274 g/mol. The summed E-state index contributed by atoms with van der Waals surface area (Å²) in [5, 5.41) is 0. The second kappa shape index (κ2) is 5.56.